The fourth-order valence-electron chi connectivity index (χ4n) is 0. The first-order valence-corrected chi connectivity index (χ1v) is 0.908. The van der Waals surface area contributed by atoms with Crippen molar-refractivity contribution in [2.45, 2.75) is 6.92 Å². The Bertz CT molecular complexity index is 30.6. The summed E-state index contributed by atoms with van der Waals surface area (Å²) in [7, 11) is 0. The van der Waals surface area contributed by atoms with Gasteiger partial charge in [-0.2, -0.15) is 0 Å². The molecule has 0 heterocycles. The second-order valence-corrected chi connectivity index (χ2v) is 0.492. The Labute approximate surface area is 32.4 Å². The summed E-state index contributed by atoms with van der Waals surface area (Å²) in [6.07, 6.45) is 0. The Morgan fingerprint density at radius 2 is 1.80 bits per heavy atom. The van der Waals surface area contributed by atoms with Gasteiger partial charge in [-0.15, -0.1) is 0 Å². The third kappa shape index (κ3) is 38.5. The van der Waals surface area contributed by atoms with Gasteiger partial charge in [0, 0.05) is 5.97 Å². The van der Waals surface area contributed by atoms with Crippen LogP contribution in [0, 0.1) is 0 Å². The number of carboxylic acids is 1. The van der Waals surface area contributed by atoms with Crippen molar-refractivity contribution in [2.24, 2.45) is 0 Å². The lowest BCUT2D eigenvalue weighted by molar-refractivity contribution is -0.302. The van der Waals surface area contributed by atoms with Gasteiger partial charge in [-0.3, -0.25) is 0 Å². The summed E-state index contributed by atoms with van der Waals surface area (Å²) in [6.45, 7) is 0.972. The van der Waals surface area contributed by atoms with Gasteiger partial charge in [0.1, 0.15) is 0 Å². The van der Waals surface area contributed by atoms with Gasteiger partial charge >= 0.3 is 0 Å². The number of hydrogen-bond donors (Lipinski definition) is 0. The van der Waals surface area contributed by atoms with Crippen LogP contribution in [-0.4, -0.2) is 14.4 Å². The minimum absolute atomic E-state index is 0. The second-order valence-electron chi connectivity index (χ2n) is 0.492. The van der Waals surface area contributed by atoms with Crippen molar-refractivity contribution < 1.29 is 9.90 Å². The maximum Gasteiger partial charge on any atom is 0.0383 e. The summed E-state index contributed by atoms with van der Waals surface area (Å²) in [5.74, 6) is -1.08. The molecule has 0 aliphatic heterocycles. The van der Waals surface area contributed by atoms with E-state index in [2.05, 4.69) is 0 Å². The SMILES string of the molecule is CC(=O)[O-].[B-]. The third-order valence-electron chi connectivity index (χ3n) is 0. The van der Waals surface area contributed by atoms with Crippen LogP contribution in [0.2, 0.25) is 0 Å². The minimum atomic E-state index is -1.08. The predicted octanol–water partition coefficient (Wildman–Crippen LogP) is -1.62. The van der Waals surface area contributed by atoms with E-state index < -0.39 is 5.97 Å². The van der Waals surface area contributed by atoms with E-state index in [-0.39, 0.29) is 8.41 Å². The highest BCUT2D eigenvalue weighted by atomic mass is 16.4. The lowest BCUT2D eigenvalue weighted by atomic mass is 10.8. The van der Waals surface area contributed by atoms with E-state index >= 15 is 0 Å². The highest BCUT2D eigenvalue weighted by Gasteiger charge is 1.46. The number of carbonyl (C=O) groups is 1. The first kappa shape index (κ1) is 8.82. The molecule has 3 heteroatoms. The molecule has 0 aliphatic rings. The zero-order chi connectivity index (χ0) is 3.58. The molecule has 0 rings (SSSR count). The first-order valence-electron chi connectivity index (χ1n) is 0.908. The first-order chi connectivity index (χ1) is 1.73. The van der Waals surface area contributed by atoms with Gasteiger partial charge in [0.15, 0.2) is 0 Å². The van der Waals surface area contributed by atoms with E-state index in [9.17, 15) is 0 Å². The Morgan fingerprint density at radius 1 is 1.80 bits per heavy atom. The number of aliphatic carboxylic acids is 1. The van der Waals surface area contributed by atoms with Gasteiger partial charge in [0.25, 0.3) is 0 Å². The van der Waals surface area contributed by atoms with E-state index in [4.69, 9.17) is 9.90 Å². The molecule has 0 unspecified atom stereocenters. The van der Waals surface area contributed by atoms with Crippen LogP contribution >= 0.6 is 0 Å². The molecule has 0 bridgehead atoms. The van der Waals surface area contributed by atoms with Crippen LogP contribution in [0.5, 0.6) is 0 Å². The zero-order valence-corrected chi connectivity index (χ0v) is 2.89. The monoisotopic (exact) mass is 70.0 g/mol. The molecule has 0 saturated carbocycles. The van der Waals surface area contributed by atoms with Gasteiger partial charge in [0.05, 0.1) is 0 Å². The standard InChI is InChI=1S/C2H4O2.B/c1-2(3)4;/h1H3,(H,3,4);/q;-1/p-1. The van der Waals surface area contributed by atoms with Crippen LogP contribution in [0.1, 0.15) is 6.92 Å². The molecular weight excluding hydrogens is 66.8 g/mol. The summed E-state index contributed by atoms with van der Waals surface area (Å²) in [5.41, 5.74) is 0. The fourth-order valence-corrected chi connectivity index (χ4v) is 0. The quantitative estimate of drug-likeness (QED) is 0.321. The molecule has 5 heavy (non-hydrogen) atoms. The highest BCUT2D eigenvalue weighted by Crippen LogP contribution is 1.31. The third-order valence-corrected chi connectivity index (χ3v) is 0. The van der Waals surface area contributed by atoms with Crippen molar-refractivity contribution >= 4 is 14.4 Å². The Morgan fingerprint density at radius 3 is 1.80 bits per heavy atom. The lowest BCUT2D eigenvalue weighted by Gasteiger charge is -1.77. The van der Waals surface area contributed by atoms with E-state index in [1.165, 1.54) is 0 Å². The minimum Gasteiger partial charge on any atom is -1.00 e. The van der Waals surface area contributed by atoms with Gasteiger partial charge in [-0.1, -0.05) is 0 Å². The topological polar surface area (TPSA) is 40.1 Å². The van der Waals surface area contributed by atoms with Crippen LogP contribution in [0.3, 0.4) is 0 Å². The molecule has 4 radical (unpaired) electrons. The van der Waals surface area contributed by atoms with Crippen molar-refractivity contribution in [3.63, 3.8) is 0 Å². The molecule has 0 saturated heterocycles. The number of rotatable bonds is 0. The maximum absolute atomic E-state index is 8.89. The Kier molecular flexibility index (Phi) is 6.23. The van der Waals surface area contributed by atoms with Crippen LogP contribution in [0.25, 0.3) is 0 Å². The van der Waals surface area contributed by atoms with E-state index in [0.29, 0.717) is 0 Å². The molecule has 0 fully saturated rings. The summed E-state index contributed by atoms with van der Waals surface area (Å²) in [5, 5.41) is 8.89. The molecule has 0 N–H and O–H groups in total. The largest absolute Gasteiger partial charge is 1.00 e. The molecule has 0 aliphatic carbocycles. The lowest BCUT2D eigenvalue weighted by Crippen LogP contribution is -2.16. The van der Waals surface area contributed by atoms with E-state index in [0.717, 1.165) is 6.92 Å². The molecule has 0 aromatic rings. The average molecular weight is 69.9 g/mol. The smallest absolute Gasteiger partial charge is 0.0383 e. The molecule has 0 amide bonds. The maximum atomic E-state index is 8.89. The van der Waals surface area contributed by atoms with Crippen molar-refractivity contribution in [1.29, 1.82) is 0 Å². The average Bonchev–Trinajstić information content (AvgIpc) is 0.811. The van der Waals surface area contributed by atoms with E-state index in [1.807, 2.05) is 0 Å². The predicted molar refractivity (Wildman–Crippen MR) is 16.4 cm³/mol. The second kappa shape index (κ2) is 3.53. The van der Waals surface area contributed by atoms with Gasteiger partial charge in [-0.05, 0) is 6.92 Å². The summed E-state index contributed by atoms with van der Waals surface area (Å²) in [4.78, 5) is 8.89. The van der Waals surface area contributed by atoms with Crippen LogP contribution in [-0.2, 0) is 4.79 Å². The molecule has 0 spiro atoms. The molecule has 0 aromatic carbocycles. The number of hydrogen-bond acceptors (Lipinski definition) is 2. The van der Waals surface area contributed by atoms with Crippen LogP contribution in [0.15, 0.2) is 0 Å². The van der Waals surface area contributed by atoms with E-state index in [1.54, 1.807) is 0 Å². The molecule has 28 valence electrons. The summed E-state index contributed by atoms with van der Waals surface area (Å²) < 4.78 is 0. The fraction of sp³-hybridized carbons (Fsp3) is 0.500. The number of carbonyl (C=O) groups excluding carboxylic acids is 1. The summed E-state index contributed by atoms with van der Waals surface area (Å²) in [6, 6.07) is 0. The molecule has 0 aromatic heterocycles. The highest BCUT2D eigenvalue weighted by molar-refractivity contribution is 5.75. The van der Waals surface area contributed by atoms with Gasteiger partial charge in [-0.25, -0.2) is 0 Å². The van der Waals surface area contributed by atoms with Crippen molar-refractivity contribution in [2.75, 3.05) is 0 Å². The normalized spacial score (nSPS) is 5.00. The van der Waals surface area contributed by atoms with Crippen molar-refractivity contribution in [3.8, 4) is 0 Å². The summed E-state index contributed by atoms with van der Waals surface area (Å²) >= 11 is 0. The Balaban J connectivity index is 0. The van der Waals surface area contributed by atoms with Crippen molar-refractivity contribution in [1.82, 2.24) is 0 Å². The molecule has 2 nitrogen and oxygen atoms in total. The van der Waals surface area contributed by atoms with Gasteiger partial charge in [0.2, 0.25) is 0 Å². The number of carboxylic acid groups (broad SMARTS) is 1. The van der Waals surface area contributed by atoms with Crippen molar-refractivity contribution in [3.05, 3.63) is 0 Å². The zero-order valence-electron chi connectivity index (χ0n) is 2.89. The molecular formula is C2H3BO2-2. The van der Waals surface area contributed by atoms with Crippen LogP contribution in [0.4, 0.5) is 0 Å². The molecule has 0 atom stereocenters. The van der Waals surface area contributed by atoms with Crippen LogP contribution < -0.4 is 5.11 Å². The van der Waals surface area contributed by atoms with Gasteiger partial charge < -0.3 is 18.3 Å². The Hall–Kier alpha value is -0.465.